The summed E-state index contributed by atoms with van der Waals surface area (Å²) < 4.78 is 5.87. The average molecular weight is 180 g/mol. The van der Waals surface area contributed by atoms with Crippen LogP contribution in [-0.4, -0.2) is 12.2 Å². The highest BCUT2D eigenvalue weighted by Crippen LogP contribution is 2.25. The Balaban J connectivity index is 2.12. The fourth-order valence-corrected chi connectivity index (χ4v) is 1.81. The van der Waals surface area contributed by atoms with Gasteiger partial charge in [0.25, 0.3) is 0 Å². The van der Waals surface area contributed by atoms with Gasteiger partial charge in [0, 0.05) is 0 Å². The third-order valence-corrected chi connectivity index (χ3v) is 2.58. The second-order valence-electron chi connectivity index (χ2n) is 3.69. The lowest BCUT2D eigenvalue weighted by atomic mass is 10.1. The highest BCUT2D eigenvalue weighted by molar-refractivity contribution is 4.79. The third kappa shape index (κ3) is 3.77. The van der Waals surface area contributed by atoms with Crippen LogP contribution in [0.25, 0.3) is 0 Å². The van der Waals surface area contributed by atoms with Crippen molar-refractivity contribution in [3.8, 4) is 0 Å². The van der Waals surface area contributed by atoms with Gasteiger partial charge in [-0.3, -0.25) is 0 Å². The molecular formula is C12H20O. The van der Waals surface area contributed by atoms with Crippen LogP contribution in [0.3, 0.4) is 0 Å². The molecule has 0 bridgehead atoms. The van der Waals surface area contributed by atoms with Crippen LogP contribution in [0.15, 0.2) is 25.3 Å². The summed E-state index contributed by atoms with van der Waals surface area (Å²) in [6, 6.07) is 0. The molecule has 0 aromatic rings. The summed E-state index contributed by atoms with van der Waals surface area (Å²) in [5.41, 5.74) is 0. The molecule has 13 heavy (non-hydrogen) atoms. The van der Waals surface area contributed by atoms with E-state index in [2.05, 4.69) is 13.2 Å². The van der Waals surface area contributed by atoms with Gasteiger partial charge in [0.2, 0.25) is 0 Å². The first-order valence-electron chi connectivity index (χ1n) is 5.24. The normalized spacial score (nSPS) is 27.4. The molecule has 0 spiro atoms. The molecule has 1 fully saturated rings. The first-order valence-corrected chi connectivity index (χ1v) is 5.24. The van der Waals surface area contributed by atoms with Crippen molar-refractivity contribution >= 4 is 0 Å². The van der Waals surface area contributed by atoms with Gasteiger partial charge in [-0.15, -0.1) is 13.2 Å². The minimum Gasteiger partial charge on any atom is -0.375 e. The first-order chi connectivity index (χ1) is 6.36. The van der Waals surface area contributed by atoms with E-state index >= 15 is 0 Å². The molecule has 0 amide bonds. The van der Waals surface area contributed by atoms with Crippen LogP contribution in [0.5, 0.6) is 0 Å². The third-order valence-electron chi connectivity index (χ3n) is 2.58. The summed E-state index contributed by atoms with van der Waals surface area (Å²) in [4.78, 5) is 0. The van der Waals surface area contributed by atoms with Crippen LogP contribution in [-0.2, 0) is 4.74 Å². The molecular weight excluding hydrogens is 160 g/mol. The molecule has 0 N–H and O–H groups in total. The summed E-state index contributed by atoms with van der Waals surface area (Å²) in [5.74, 6) is 0. The van der Waals surface area contributed by atoms with E-state index in [0.29, 0.717) is 12.2 Å². The van der Waals surface area contributed by atoms with Crippen molar-refractivity contribution in [3.63, 3.8) is 0 Å². The van der Waals surface area contributed by atoms with E-state index in [1.54, 1.807) is 0 Å². The molecule has 0 aliphatic carbocycles. The summed E-state index contributed by atoms with van der Waals surface area (Å²) in [6.45, 7) is 7.44. The van der Waals surface area contributed by atoms with Gasteiger partial charge in [0.1, 0.15) is 0 Å². The monoisotopic (exact) mass is 180 g/mol. The lowest BCUT2D eigenvalue weighted by molar-refractivity contribution is 0.0374. The van der Waals surface area contributed by atoms with Gasteiger partial charge >= 0.3 is 0 Å². The van der Waals surface area contributed by atoms with Crippen molar-refractivity contribution < 1.29 is 4.74 Å². The zero-order valence-electron chi connectivity index (χ0n) is 8.37. The van der Waals surface area contributed by atoms with Gasteiger partial charge in [-0.2, -0.15) is 0 Å². The van der Waals surface area contributed by atoms with E-state index in [0.717, 1.165) is 25.7 Å². The second-order valence-corrected chi connectivity index (χ2v) is 3.69. The van der Waals surface area contributed by atoms with E-state index in [1.807, 2.05) is 12.2 Å². The number of ether oxygens (including phenoxy) is 1. The second kappa shape index (κ2) is 5.98. The Hall–Kier alpha value is -0.560. The molecule has 2 unspecified atom stereocenters. The molecule has 0 radical (unpaired) electrons. The Bertz CT molecular complexity index is 145. The van der Waals surface area contributed by atoms with Crippen LogP contribution in [0, 0.1) is 0 Å². The van der Waals surface area contributed by atoms with Crippen molar-refractivity contribution in [3.05, 3.63) is 25.3 Å². The summed E-state index contributed by atoms with van der Waals surface area (Å²) in [7, 11) is 0. The molecule has 0 aromatic heterocycles. The van der Waals surface area contributed by atoms with Gasteiger partial charge in [-0.1, -0.05) is 12.2 Å². The van der Waals surface area contributed by atoms with Crippen LogP contribution in [0.4, 0.5) is 0 Å². The van der Waals surface area contributed by atoms with Gasteiger partial charge in [-0.25, -0.2) is 0 Å². The Morgan fingerprint density at radius 3 is 1.85 bits per heavy atom. The Kier molecular flexibility index (Phi) is 4.84. The minimum atomic E-state index is 0.493. The predicted molar refractivity (Wildman–Crippen MR) is 56.8 cm³/mol. The van der Waals surface area contributed by atoms with Gasteiger partial charge in [0.05, 0.1) is 12.2 Å². The molecule has 0 saturated carbocycles. The quantitative estimate of drug-likeness (QED) is 0.569. The van der Waals surface area contributed by atoms with Crippen molar-refractivity contribution in [1.29, 1.82) is 0 Å². The molecule has 74 valence electrons. The Morgan fingerprint density at radius 2 is 1.46 bits per heavy atom. The number of allylic oxidation sites excluding steroid dienone is 2. The van der Waals surface area contributed by atoms with Crippen LogP contribution < -0.4 is 0 Å². The summed E-state index contributed by atoms with van der Waals surface area (Å²) in [6.07, 6.45) is 11.9. The fourth-order valence-electron chi connectivity index (χ4n) is 1.81. The standard InChI is InChI=1S/C12H20O/c1-3-5-7-11-9-10-12(13-11)8-6-4-2/h3-4,11-12H,1-2,5-10H2. The zero-order chi connectivity index (χ0) is 9.52. The number of rotatable bonds is 6. The van der Waals surface area contributed by atoms with E-state index in [9.17, 15) is 0 Å². The number of hydrogen-bond donors (Lipinski definition) is 0. The molecule has 1 aliphatic rings. The number of hydrogen-bond acceptors (Lipinski definition) is 1. The van der Waals surface area contributed by atoms with Gasteiger partial charge in [-0.05, 0) is 38.5 Å². The average Bonchev–Trinajstić information content (AvgIpc) is 2.59. The molecule has 1 heterocycles. The maximum Gasteiger partial charge on any atom is 0.0582 e. The summed E-state index contributed by atoms with van der Waals surface area (Å²) >= 11 is 0. The highest BCUT2D eigenvalue weighted by atomic mass is 16.5. The first kappa shape index (κ1) is 10.5. The SMILES string of the molecule is C=CCCC1CCC(CCC=C)O1. The smallest absolute Gasteiger partial charge is 0.0582 e. The molecule has 2 atom stereocenters. The van der Waals surface area contributed by atoms with E-state index in [1.165, 1.54) is 12.8 Å². The molecule has 1 rings (SSSR count). The van der Waals surface area contributed by atoms with Crippen LogP contribution in [0.2, 0.25) is 0 Å². The lowest BCUT2D eigenvalue weighted by Gasteiger charge is -2.11. The topological polar surface area (TPSA) is 9.23 Å². The summed E-state index contributed by atoms with van der Waals surface area (Å²) in [5, 5.41) is 0. The van der Waals surface area contributed by atoms with Crippen molar-refractivity contribution in [2.45, 2.75) is 50.7 Å². The molecule has 1 nitrogen and oxygen atoms in total. The highest BCUT2D eigenvalue weighted by Gasteiger charge is 2.23. The molecule has 1 heteroatoms. The van der Waals surface area contributed by atoms with Crippen molar-refractivity contribution in [2.75, 3.05) is 0 Å². The van der Waals surface area contributed by atoms with E-state index in [4.69, 9.17) is 4.74 Å². The van der Waals surface area contributed by atoms with Crippen molar-refractivity contribution in [2.24, 2.45) is 0 Å². The van der Waals surface area contributed by atoms with Crippen molar-refractivity contribution in [1.82, 2.24) is 0 Å². The molecule has 1 saturated heterocycles. The zero-order valence-corrected chi connectivity index (χ0v) is 8.37. The van der Waals surface area contributed by atoms with Gasteiger partial charge < -0.3 is 4.74 Å². The predicted octanol–water partition coefficient (Wildman–Crippen LogP) is 3.47. The lowest BCUT2D eigenvalue weighted by Crippen LogP contribution is -2.10. The van der Waals surface area contributed by atoms with E-state index in [-0.39, 0.29) is 0 Å². The van der Waals surface area contributed by atoms with Crippen LogP contribution >= 0.6 is 0 Å². The maximum absolute atomic E-state index is 5.87. The molecule has 0 aromatic carbocycles. The van der Waals surface area contributed by atoms with Gasteiger partial charge in [0.15, 0.2) is 0 Å². The van der Waals surface area contributed by atoms with Crippen LogP contribution in [0.1, 0.15) is 38.5 Å². The molecule has 1 aliphatic heterocycles. The Morgan fingerprint density at radius 1 is 1.00 bits per heavy atom. The fraction of sp³-hybridized carbons (Fsp3) is 0.667. The maximum atomic E-state index is 5.87. The minimum absolute atomic E-state index is 0.493. The van der Waals surface area contributed by atoms with E-state index < -0.39 is 0 Å². The Labute approximate surface area is 81.5 Å². The largest absolute Gasteiger partial charge is 0.375 e.